The van der Waals surface area contributed by atoms with Gasteiger partial charge in [-0.3, -0.25) is 0 Å². The molecule has 0 spiro atoms. The predicted molar refractivity (Wildman–Crippen MR) is 87.0 cm³/mol. The molecule has 0 unspecified atom stereocenters. The van der Waals surface area contributed by atoms with Crippen LogP contribution in [0.5, 0.6) is 0 Å². The fourth-order valence-corrected chi connectivity index (χ4v) is 3.87. The lowest BCUT2D eigenvalue weighted by atomic mass is 10.2. The summed E-state index contributed by atoms with van der Waals surface area (Å²) in [5.74, 6) is 0.983. The van der Waals surface area contributed by atoms with E-state index < -0.39 is 0 Å². The van der Waals surface area contributed by atoms with Crippen molar-refractivity contribution in [3.63, 3.8) is 0 Å². The van der Waals surface area contributed by atoms with E-state index in [0.29, 0.717) is 0 Å². The molecule has 0 saturated carbocycles. The van der Waals surface area contributed by atoms with Crippen LogP contribution >= 0.6 is 34.4 Å². The zero-order valence-electron chi connectivity index (χ0n) is 9.69. The summed E-state index contributed by atoms with van der Waals surface area (Å²) in [5, 5.41) is 1.32. The summed E-state index contributed by atoms with van der Waals surface area (Å²) in [5.41, 5.74) is 2.54. The SMILES string of the molecule is Ic1c(CSc2ccccc2)[nH]c2ccccc12. The van der Waals surface area contributed by atoms with Crippen LogP contribution in [-0.4, -0.2) is 4.98 Å². The third kappa shape index (κ3) is 2.42. The number of rotatable bonds is 3. The molecule has 0 aliphatic carbocycles. The molecule has 0 saturated heterocycles. The summed E-state index contributed by atoms with van der Waals surface area (Å²) in [6.07, 6.45) is 0. The molecule has 1 aromatic heterocycles. The van der Waals surface area contributed by atoms with Crippen molar-refractivity contribution in [2.45, 2.75) is 10.6 Å². The van der Waals surface area contributed by atoms with Crippen LogP contribution in [0, 0.1) is 3.57 Å². The van der Waals surface area contributed by atoms with Crippen LogP contribution < -0.4 is 0 Å². The minimum absolute atomic E-state index is 0.983. The first-order valence-electron chi connectivity index (χ1n) is 5.77. The molecule has 0 atom stereocenters. The zero-order valence-corrected chi connectivity index (χ0v) is 12.7. The number of aromatic amines is 1. The first kappa shape index (κ1) is 12.1. The van der Waals surface area contributed by atoms with E-state index in [4.69, 9.17) is 0 Å². The highest BCUT2D eigenvalue weighted by atomic mass is 127. The van der Waals surface area contributed by atoms with Gasteiger partial charge in [-0.05, 0) is 40.8 Å². The molecule has 3 heteroatoms. The van der Waals surface area contributed by atoms with Crippen molar-refractivity contribution in [2.75, 3.05) is 0 Å². The van der Waals surface area contributed by atoms with E-state index in [2.05, 4.69) is 82.2 Å². The molecule has 2 aromatic carbocycles. The lowest BCUT2D eigenvalue weighted by Gasteiger charge is -2.00. The van der Waals surface area contributed by atoms with Crippen LogP contribution in [0.25, 0.3) is 10.9 Å². The number of para-hydroxylation sites is 1. The third-order valence-corrected chi connectivity index (χ3v) is 5.11. The Labute approximate surface area is 124 Å². The van der Waals surface area contributed by atoms with Crippen LogP contribution in [0.4, 0.5) is 0 Å². The van der Waals surface area contributed by atoms with Gasteiger partial charge in [-0.2, -0.15) is 0 Å². The third-order valence-electron chi connectivity index (χ3n) is 2.84. The number of hydrogen-bond acceptors (Lipinski definition) is 1. The van der Waals surface area contributed by atoms with Crippen LogP contribution in [0.3, 0.4) is 0 Å². The number of hydrogen-bond donors (Lipinski definition) is 1. The summed E-state index contributed by atoms with van der Waals surface area (Å²) in [6, 6.07) is 19.0. The lowest BCUT2D eigenvalue weighted by molar-refractivity contribution is 1.24. The van der Waals surface area contributed by atoms with Crippen molar-refractivity contribution in [3.8, 4) is 0 Å². The molecule has 90 valence electrons. The number of fused-ring (bicyclic) bond motifs is 1. The van der Waals surface area contributed by atoms with Gasteiger partial charge < -0.3 is 4.98 Å². The molecule has 1 N–H and O–H groups in total. The van der Waals surface area contributed by atoms with Gasteiger partial charge in [-0.25, -0.2) is 0 Å². The summed E-state index contributed by atoms with van der Waals surface area (Å²) < 4.78 is 1.34. The number of nitrogens with one attached hydrogen (secondary N) is 1. The van der Waals surface area contributed by atoms with E-state index in [0.717, 1.165) is 5.75 Å². The van der Waals surface area contributed by atoms with Crippen molar-refractivity contribution < 1.29 is 0 Å². The van der Waals surface area contributed by atoms with Crippen molar-refractivity contribution in [2.24, 2.45) is 0 Å². The molecule has 0 fully saturated rings. The Kier molecular flexibility index (Phi) is 3.61. The molecule has 0 aliphatic rings. The first-order chi connectivity index (χ1) is 8.84. The van der Waals surface area contributed by atoms with E-state index >= 15 is 0 Å². The Morgan fingerprint density at radius 2 is 1.67 bits per heavy atom. The van der Waals surface area contributed by atoms with Crippen molar-refractivity contribution in [1.82, 2.24) is 4.98 Å². The normalized spacial score (nSPS) is 10.9. The Bertz CT molecular complexity index is 661. The average molecular weight is 365 g/mol. The summed E-state index contributed by atoms with van der Waals surface area (Å²) >= 11 is 4.30. The topological polar surface area (TPSA) is 15.8 Å². The van der Waals surface area contributed by atoms with Gasteiger partial charge in [0.2, 0.25) is 0 Å². The van der Waals surface area contributed by atoms with Gasteiger partial charge >= 0.3 is 0 Å². The van der Waals surface area contributed by atoms with Gasteiger partial charge in [-0.1, -0.05) is 36.4 Å². The van der Waals surface area contributed by atoms with Crippen molar-refractivity contribution >= 4 is 45.3 Å². The van der Waals surface area contributed by atoms with E-state index in [9.17, 15) is 0 Å². The second-order valence-corrected chi connectivity index (χ2v) is 6.19. The fraction of sp³-hybridized carbons (Fsp3) is 0.0667. The second kappa shape index (κ2) is 5.36. The Hall–Kier alpha value is -0.940. The van der Waals surface area contributed by atoms with Crippen LogP contribution in [0.1, 0.15) is 5.69 Å². The number of aromatic nitrogens is 1. The first-order valence-corrected chi connectivity index (χ1v) is 7.84. The van der Waals surface area contributed by atoms with Crippen LogP contribution in [-0.2, 0) is 5.75 Å². The largest absolute Gasteiger partial charge is 0.357 e. The summed E-state index contributed by atoms with van der Waals surface area (Å²) in [7, 11) is 0. The Morgan fingerprint density at radius 1 is 0.944 bits per heavy atom. The summed E-state index contributed by atoms with van der Waals surface area (Å²) in [4.78, 5) is 4.82. The highest BCUT2D eigenvalue weighted by Crippen LogP contribution is 2.29. The molecule has 1 nitrogen and oxygen atoms in total. The van der Waals surface area contributed by atoms with E-state index in [1.54, 1.807) is 0 Å². The van der Waals surface area contributed by atoms with Gasteiger partial charge in [0.05, 0.1) is 0 Å². The molecular formula is C15H12INS. The monoisotopic (exact) mass is 365 g/mol. The number of benzene rings is 2. The number of thioether (sulfide) groups is 1. The standard InChI is InChI=1S/C15H12INS/c16-15-12-8-4-5-9-13(12)17-14(15)10-18-11-6-2-1-3-7-11/h1-9,17H,10H2. The van der Waals surface area contributed by atoms with Gasteiger partial charge in [-0.15, -0.1) is 11.8 Å². The number of H-pyrrole nitrogens is 1. The van der Waals surface area contributed by atoms with E-state index in [-0.39, 0.29) is 0 Å². The molecule has 0 amide bonds. The van der Waals surface area contributed by atoms with Gasteiger partial charge in [0.1, 0.15) is 0 Å². The maximum Gasteiger partial charge on any atom is 0.0467 e. The van der Waals surface area contributed by atoms with Crippen molar-refractivity contribution in [1.29, 1.82) is 0 Å². The Morgan fingerprint density at radius 3 is 2.44 bits per heavy atom. The van der Waals surface area contributed by atoms with E-state index in [1.165, 1.54) is 25.1 Å². The molecule has 18 heavy (non-hydrogen) atoms. The molecule has 0 bridgehead atoms. The Balaban J connectivity index is 1.85. The molecule has 3 aromatic rings. The van der Waals surface area contributed by atoms with Gasteiger partial charge in [0, 0.05) is 30.8 Å². The minimum Gasteiger partial charge on any atom is -0.357 e. The number of halogens is 1. The second-order valence-electron chi connectivity index (χ2n) is 4.06. The predicted octanol–water partition coefficient (Wildman–Crippen LogP) is 5.06. The minimum atomic E-state index is 0.983. The molecule has 0 radical (unpaired) electrons. The maximum absolute atomic E-state index is 3.51. The fourth-order valence-electron chi connectivity index (χ4n) is 1.94. The smallest absolute Gasteiger partial charge is 0.0467 e. The van der Waals surface area contributed by atoms with Crippen molar-refractivity contribution in [3.05, 3.63) is 63.9 Å². The average Bonchev–Trinajstić information content (AvgIpc) is 2.75. The molecule has 1 heterocycles. The van der Waals surface area contributed by atoms with Gasteiger partial charge in [0.25, 0.3) is 0 Å². The lowest BCUT2D eigenvalue weighted by Crippen LogP contribution is -1.83. The molecular weight excluding hydrogens is 353 g/mol. The van der Waals surface area contributed by atoms with Crippen LogP contribution in [0.2, 0.25) is 0 Å². The molecule has 3 rings (SSSR count). The van der Waals surface area contributed by atoms with Gasteiger partial charge in [0.15, 0.2) is 0 Å². The highest BCUT2D eigenvalue weighted by Gasteiger charge is 2.08. The maximum atomic E-state index is 3.51. The van der Waals surface area contributed by atoms with E-state index in [1.807, 2.05) is 11.8 Å². The quantitative estimate of drug-likeness (QED) is 0.507. The van der Waals surface area contributed by atoms with Crippen LogP contribution in [0.15, 0.2) is 59.5 Å². The zero-order chi connectivity index (χ0) is 12.4. The molecule has 0 aliphatic heterocycles. The summed E-state index contributed by atoms with van der Waals surface area (Å²) in [6.45, 7) is 0. The highest BCUT2D eigenvalue weighted by molar-refractivity contribution is 14.1.